The van der Waals surface area contributed by atoms with Crippen LogP contribution in [0.5, 0.6) is 0 Å². The molecule has 0 heterocycles. The summed E-state index contributed by atoms with van der Waals surface area (Å²) in [5.74, 6) is 0. The van der Waals surface area contributed by atoms with Crippen molar-refractivity contribution in [3.63, 3.8) is 0 Å². The summed E-state index contributed by atoms with van der Waals surface area (Å²) < 4.78 is 38.0. The van der Waals surface area contributed by atoms with E-state index in [1.807, 2.05) is 0 Å². The lowest BCUT2D eigenvalue weighted by molar-refractivity contribution is 0.00819. The highest BCUT2D eigenvalue weighted by Gasteiger charge is 1.86. The summed E-state index contributed by atoms with van der Waals surface area (Å²) in [5, 5.41) is 0. The van der Waals surface area contributed by atoms with Crippen LogP contribution in [-0.4, -0.2) is 6.68 Å². The van der Waals surface area contributed by atoms with Crippen LogP contribution in [0.2, 0.25) is 0 Å². The lowest BCUT2D eigenvalue weighted by atomic mass is 11.6. The first-order valence-electron chi connectivity index (χ1n) is 0.873. The van der Waals surface area contributed by atoms with Gasteiger partial charge in [-0.15, -0.1) is 0 Å². The van der Waals surface area contributed by atoms with Crippen molar-refractivity contribution < 1.29 is 17.6 Å². The van der Waals surface area contributed by atoms with E-state index in [-0.39, 0.29) is 0 Å². The van der Waals surface area contributed by atoms with E-state index in [1.165, 1.54) is 0 Å². The Kier molecular flexibility index (Phi) is 13.5. The third-order valence-corrected chi connectivity index (χ3v) is 0. The Morgan fingerprint density at radius 2 is 1.00 bits per heavy atom. The first-order chi connectivity index (χ1) is 2.73. The summed E-state index contributed by atoms with van der Waals surface area (Å²) in [6, 6.07) is 0. The summed E-state index contributed by atoms with van der Waals surface area (Å²) in [6.07, 6.45) is 0. The Bertz CT molecular complexity index is 10.3. The quantitative estimate of drug-likeness (QED) is 0.409. The number of hydrogen-bond acceptors (Lipinski definition) is 0. The Labute approximate surface area is 32.8 Å². The highest BCUT2D eigenvalue weighted by Crippen LogP contribution is 1.87. The van der Waals surface area contributed by atoms with Gasteiger partial charge < -0.3 is 0 Å². The minimum atomic E-state index is -3.67. The van der Waals surface area contributed by atoms with Gasteiger partial charge in [-0.05, 0) is 0 Å². The highest BCUT2D eigenvalue weighted by molar-refractivity contribution is 3.83. The van der Waals surface area contributed by atoms with Crippen molar-refractivity contribution in [3.05, 3.63) is 7.18 Å². The number of halogens is 4. The topological polar surface area (TPSA) is 0 Å². The van der Waals surface area contributed by atoms with Crippen molar-refractivity contribution in [2.24, 2.45) is 0 Å². The minimum Gasteiger partial charge on any atom is -0.241 e. The van der Waals surface area contributed by atoms with Crippen LogP contribution in [0.3, 0.4) is 0 Å². The molecule has 2 radical (unpaired) electrons. The van der Waals surface area contributed by atoms with E-state index in [0.717, 1.165) is 0 Å². The maximum atomic E-state index is 9.67. The summed E-state index contributed by atoms with van der Waals surface area (Å²) in [5.41, 5.74) is 0. The van der Waals surface area contributed by atoms with E-state index in [4.69, 9.17) is 4.39 Å². The van der Waals surface area contributed by atoms with E-state index in [0.29, 0.717) is 0 Å². The molecule has 0 rings (SSSR count). The Hall–Kier alpha value is -0.280. The predicted octanol–water partition coefficient (Wildman–Crippen LogP) is 1.80. The summed E-state index contributed by atoms with van der Waals surface area (Å²) in [6.45, 7) is -3.67. The molecule has 0 unspecified atom stereocenters. The van der Waals surface area contributed by atoms with Crippen LogP contribution in [-0.2, 0) is 0 Å². The first-order valence-corrected chi connectivity index (χ1v) is 0.873. The van der Waals surface area contributed by atoms with Crippen LogP contribution >= 0.6 is 0 Å². The monoisotopic (exact) mass is 102 g/mol. The number of alkyl halides is 3. The van der Waals surface area contributed by atoms with Crippen LogP contribution < -0.4 is 0 Å². The SMILES string of the molecule is FC(F)F.[CH]F. The summed E-state index contributed by atoms with van der Waals surface area (Å²) in [4.78, 5) is 0. The molecule has 0 saturated heterocycles. The van der Waals surface area contributed by atoms with E-state index < -0.39 is 6.68 Å². The summed E-state index contributed by atoms with van der Waals surface area (Å²) >= 11 is 0. The molecule has 0 fully saturated rings. The second-order valence-corrected chi connectivity index (χ2v) is 0.247. The van der Waals surface area contributed by atoms with E-state index >= 15 is 0 Å². The smallest absolute Gasteiger partial charge is 0.241 e. The molecule has 0 aromatic rings. The van der Waals surface area contributed by atoms with Crippen LogP contribution in [0.15, 0.2) is 0 Å². The van der Waals surface area contributed by atoms with Gasteiger partial charge in [0.15, 0.2) is 7.18 Å². The van der Waals surface area contributed by atoms with Crippen LogP contribution in [0.25, 0.3) is 0 Å². The van der Waals surface area contributed by atoms with Crippen molar-refractivity contribution >= 4 is 0 Å². The number of rotatable bonds is 0. The molecule has 0 amide bonds. The normalized spacial score (nSPS) is 7.00. The van der Waals surface area contributed by atoms with E-state index in [2.05, 4.69) is 7.18 Å². The van der Waals surface area contributed by atoms with Crippen molar-refractivity contribution in [3.8, 4) is 0 Å². The van der Waals surface area contributed by atoms with Gasteiger partial charge in [-0.1, -0.05) is 0 Å². The molecule has 6 heavy (non-hydrogen) atoms. The van der Waals surface area contributed by atoms with Gasteiger partial charge in [-0.2, -0.15) is 13.2 Å². The van der Waals surface area contributed by atoms with Crippen LogP contribution in [0, 0.1) is 7.18 Å². The molecule has 0 atom stereocenters. The zero-order valence-electron chi connectivity index (χ0n) is 2.67. The van der Waals surface area contributed by atoms with E-state index in [9.17, 15) is 13.2 Å². The molecule has 0 aliphatic rings. The molecule has 0 aliphatic carbocycles. The molecule has 0 aliphatic heterocycles. The fraction of sp³-hybridized carbons (Fsp3) is 0.500. The van der Waals surface area contributed by atoms with Crippen LogP contribution in [0.4, 0.5) is 17.6 Å². The highest BCUT2D eigenvalue weighted by atomic mass is 19.4. The second kappa shape index (κ2) is 8.83. The second-order valence-electron chi connectivity index (χ2n) is 0.247. The lowest BCUT2D eigenvalue weighted by Crippen LogP contribution is -1.65. The Balaban J connectivity index is 0. The molecule has 0 nitrogen and oxygen atoms in total. The van der Waals surface area contributed by atoms with Gasteiger partial charge in [0.05, 0.1) is 0 Å². The fourth-order valence-corrected chi connectivity index (χ4v) is 0. The van der Waals surface area contributed by atoms with Gasteiger partial charge in [-0.3, -0.25) is 0 Å². The molecule has 0 saturated carbocycles. The largest absolute Gasteiger partial charge is 0.379 e. The Morgan fingerprint density at radius 1 is 1.00 bits per heavy atom. The van der Waals surface area contributed by atoms with Gasteiger partial charge >= 0.3 is 6.68 Å². The standard InChI is InChI=1S/CHF3.CHF/c2-1(3)4;1-2/h1H;1H. The average Bonchev–Trinajstić information content (AvgIpc) is 1.41. The van der Waals surface area contributed by atoms with E-state index in [1.54, 1.807) is 0 Å². The molecular weight excluding hydrogens is 100 g/mol. The van der Waals surface area contributed by atoms with Crippen molar-refractivity contribution in [2.75, 3.05) is 0 Å². The predicted molar refractivity (Wildman–Crippen MR) is 12.5 cm³/mol. The maximum absolute atomic E-state index is 9.67. The van der Waals surface area contributed by atoms with Crippen molar-refractivity contribution in [2.45, 2.75) is 6.68 Å². The third-order valence-electron chi connectivity index (χ3n) is 0. The first kappa shape index (κ1) is 9.21. The number of hydrogen-bond donors (Lipinski definition) is 0. The molecule has 0 aromatic heterocycles. The van der Waals surface area contributed by atoms with Crippen LogP contribution in [0.1, 0.15) is 0 Å². The maximum Gasteiger partial charge on any atom is 0.379 e. The molecule has 4 heteroatoms. The van der Waals surface area contributed by atoms with Gasteiger partial charge in [0.1, 0.15) is 0 Å². The van der Waals surface area contributed by atoms with Gasteiger partial charge in [0, 0.05) is 0 Å². The zero-order valence-corrected chi connectivity index (χ0v) is 2.67. The van der Waals surface area contributed by atoms with Gasteiger partial charge in [0.25, 0.3) is 0 Å². The molecule has 0 spiro atoms. The third kappa shape index (κ3) is 351. The van der Waals surface area contributed by atoms with Gasteiger partial charge in [-0.25, -0.2) is 4.39 Å². The average molecular weight is 102 g/mol. The molecule has 0 aromatic carbocycles. The summed E-state index contributed by atoms with van der Waals surface area (Å²) in [7, 11) is 3.00. The zero-order chi connectivity index (χ0) is 5.58. The fourth-order valence-electron chi connectivity index (χ4n) is 0. The minimum absolute atomic E-state index is 3.00. The molecule has 0 N–H and O–H groups in total. The molecule has 0 bridgehead atoms. The molecule has 38 valence electrons. The van der Waals surface area contributed by atoms with Crippen molar-refractivity contribution in [1.82, 2.24) is 0 Å². The Morgan fingerprint density at radius 3 is 1.00 bits per heavy atom. The van der Waals surface area contributed by atoms with Crippen molar-refractivity contribution in [1.29, 1.82) is 0 Å². The molecular formula is C2H2F4. The van der Waals surface area contributed by atoms with Gasteiger partial charge in [0.2, 0.25) is 0 Å². The lowest BCUT2D eigenvalue weighted by Gasteiger charge is -1.65.